The molecule has 0 unspecified atom stereocenters. The van der Waals surface area contributed by atoms with Gasteiger partial charge in [-0.1, -0.05) is 25.4 Å². The summed E-state index contributed by atoms with van der Waals surface area (Å²) in [7, 11) is 0. The Hall–Kier alpha value is -0.0500. The van der Waals surface area contributed by atoms with Gasteiger partial charge in [-0.2, -0.15) is 0 Å². The van der Waals surface area contributed by atoms with E-state index in [0.717, 1.165) is 11.6 Å². The molecular formula is C9H14ClNS. The lowest BCUT2D eigenvalue weighted by Crippen LogP contribution is -2.21. The van der Waals surface area contributed by atoms with Crippen molar-refractivity contribution in [2.75, 3.05) is 0 Å². The molecule has 1 rings (SSSR count). The summed E-state index contributed by atoms with van der Waals surface area (Å²) >= 11 is 7.79. The zero-order valence-corrected chi connectivity index (χ0v) is 9.22. The Morgan fingerprint density at radius 3 is 2.67 bits per heavy atom. The topological polar surface area (TPSA) is 12.0 Å². The van der Waals surface area contributed by atoms with Gasteiger partial charge in [0.15, 0.2) is 0 Å². The lowest BCUT2D eigenvalue weighted by Gasteiger charge is -2.06. The normalized spacial score (nSPS) is 11.1. The Morgan fingerprint density at radius 1 is 1.58 bits per heavy atom. The fourth-order valence-corrected chi connectivity index (χ4v) is 2.09. The second kappa shape index (κ2) is 4.26. The molecule has 0 aliphatic heterocycles. The molecule has 0 saturated heterocycles. The van der Waals surface area contributed by atoms with Crippen LogP contribution in [0, 0.1) is 6.92 Å². The lowest BCUT2D eigenvalue weighted by molar-refractivity contribution is 0.593. The quantitative estimate of drug-likeness (QED) is 0.796. The van der Waals surface area contributed by atoms with Gasteiger partial charge in [-0.15, -0.1) is 11.3 Å². The van der Waals surface area contributed by atoms with E-state index >= 15 is 0 Å². The summed E-state index contributed by atoms with van der Waals surface area (Å²) in [5.41, 5.74) is 1.18. The molecule has 1 aromatic rings. The molecule has 0 saturated carbocycles. The molecule has 0 atom stereocenters. The number of hydrogen-bond acceptors (Lipinski definition) is 2. The van der Waals surface area contributed by atoms with Crippen molar-refractivity contribution >= 4 is 22.9 Å². The number of halogens is 1. The SMILES string of the molecule is Cc1csc(CNC(C)C)c1Cl. The molecule has 68 valence electrons. The van der Waals surface area contributed by atoms with Gasteiger partial charge >= 0.3 is 0 Å². The highest BCUT2D eigenvalue weighted by molar-refractivity contribution is 7.10. The number of hydrogen-bond donors (Lipinski definition) is 1. The van der Waals surface area contributed by atoms with Crippen LogP contribution in [0.3, 0.4) is 0 Å². The van der Waals surface area contributed by atoms with E-state index in [1.54, 1.807) is 11.3 Å². The molecule has 1 aromatic heterocycles. The fraction of sp³-hybridized carbons (Fsp3) is 0.556. The highest BCUT2D eigenvalue weighted by Crippen LogP contribution is 2.26. The smallest absolute Gasteiger partial charge is 0.0587 e. The van der Waals surface area contributed by atoms with Crippen molar-refractivity contribution in [2.24, 2.45) is 0 Å². The van der Waals surface area contributed by atoms with Crippen LogP contribution < -0.4 is 5.32 Å². The van der Waals surface area contributed by atoms with Crippen molar-refractivity contribution < 1.29 is 0 Å². The van der Waals surface area contributed by atoms with Gasteiger partial charge in [0, 0.05) is 17.5 Å². The fourth-order valence-electron chi connectivity index (χ4n) is 0.899. The summed E-state index contributed by atoms with van der Waals surface area (Å²) in [5, 5.41) is 6.36. The number of aryl methyl sites for hydroxylation is 1. The van der Waals surface area contributed by atoms with E-state index in [1.807, 2.05) is 6.92 Å². The summed E-state index contributed by atoms with van der Waals surface area (Å²) in [6.45, 7) is 7.19. The number of rotatable bonds is 3. The Morgan fingerprint density at radius 2 is 2.25 bits per heavy atom. The first-order valence-electron chi connectivity index (χ1n) is 4.07. The summed E-state index contributed by atoms with van der Waals surface area (Å²) in [5.74, 6) is 0. The Labute approximate surface area is 82.7 Å². The average molecular weight is 204 g/mol. The third kappa shape index (κ3) is 2.47. The molecule has 12 heavy (non-hydrogen) atoms. The van der Waals surface area contributed by atoms with Crippen molar-refractivity contribution in [3.05, 3.63) is 20.8 Å². The largest absolute Gasteiger partial charge is 0.310 e. The molecule has 1 nitrogen and oxygen atoms in total. The number of thiophene rings is 1. The van der Waals surface area contributed by atoms with E-state index in [2.05, 4.69) is 24.5 Å². The zero-order chi connectivity index (χ0) is 9.14. The number of nitrogens with one attached hydrogen (secondary N) is 1. The third-order valence-electron chi connectivity index (χ3n) is 1.64. The Balaban J connectivity index is 2.58. The van der Waals surface area contributed by atoms with E-state index < -0.39 is 0 Å². The van der Waals surface area contributed by atoms with Gasteiger partial charge < -0.3 is 5.32 Å². The van der Waals surface area contributed by atoms with Crippen LogP contribution in [-0.4, -0.2) is 6.04 Å². The average Bonchev–Trinajstić information content (AvgIpc) is 2.30. The molecule has 0 spiro atoms. The van der Waals surface area contributed by atoms with Crippen molar-refractivity contribution in [1.29, 1.82) is 0 Å². The zero-order valence-electron chi connectivity index (χ0n) is 7.65. The molecular weight excluding hydrogens is 190 g/mol. The van der Waals surface area contributed by atoms with Gasteiger partial charge in [0.05, 0.1) is 5.02 Å². The van der Waals surface area contributed by atoms with Crippen molar-refractivity contribution in [3.8, 4) is 0 Å². The molecule has 0 aliphatic carbocycles. The summed E-state index contributed by atoms with van der Waals surface area (Å²) < 4.78 is 0. The first-order chi connectivity index (χ1) is 5.61. The van der Waals surface area contributed by atoms with E-state index in [0.29, 0.717) is 6.04 Å². The molecule has 0 radical (unpaired) electrons. The van der Waals surface area contributed by atoms with Crippen LogP contribution >= 0.6 is 22.9 Å². The molecule has 1 heterocycles. The van der Waals surface area contributed by atoms with Gasteiger partial charge in [0.25, 0.3) is 0 Å². The minimum Gasteiger partial charge on any atom is -0.310 e. The summed E-state index contributed by atoms with van der Waals surface area (Å²) in [6, 6.07) is 0.517. The minimum absolute atomic E-state index is 0.517. The van der Waals surface area contributed by atoms with Crippen LogP contribution in [0.1, 0.15) is 24.3 Å². The van der Waals surface area contributed by atoms with Crippen molar-refractivity contribution in [3.63, 3.8) is 0 Å². The van der Waals surface area contributed by atoms with Crippen LogP contribution in [0.15, 0.2) is 5.38 Å². The summed E-state index contributed by atoms with van der Waals surface area (Å²) in [6.07, 6.45) is 0. The second-order valence-corrected chi connectivity index (χ2v) is 4.53. The maximum Gasteiger partial charge on any atom is 0.0587 e. The molecule has 3 heteroatoms. The van der Waals surface area contributed by atoms with Gasteiger partial charge in [0.2, 0.25) is 0 Å². The van der Waals surface area contributed by atoms with Crippen molar-refractivity contribution in [2.45, 2.75) is 33.4 Å². The minimum atomic E-state index is 0.517. The third-order valence-corrected chi connectivity index (χ3v) is 3.38. The molecule has 0 fully saturated rings. The monoisotopic (exact) mass is 203 g/mol. The predicted molar refractivity (Wildman–Crippen MR) is 56.0 cm³/mol. The van der Waals surface area contributed by atoms with E-state index in [9.17, 15) is 0 Å². The molecule has 0 aliphatic rings. The maximum absolute atomic E-state index is 6.06. The predicted octanol–water partition coefficient (Wildman–Crippen LogP) is 3.21. The van der Waals surface area contributed by atoms with Gasteiger partial charge in [0.1, 0.15) is 0 Å². The lowest BCUT2D eigenvalue weighted by atomic mass is 10.3. The van der Waals surface area contributed by atoms with Gasteiger partial charge in [-0.25, -0.2) is 0 Å². The van der Waals surface area contributed by atoms with Crippen LogP contribution in [-0.2, 0) is 6.54 Å². The van der Waals surface area contributed by atoms with Gasteiger partial charge in [-0.3, -0.25) is 0 Å². The molecule has 0 bridgehead atoms. The van der Waals surface area contributed by atoms with E-state index in [4.69, 9.17) is 11.6 Å². The highest BCUT2D eigenvalue weighted by atomic mass is 35.5. The van der Waals surface area contributed by atoms with Crippen LogP contribution in [0.25, 0.3) is 0 Å². The van der Waals surface area contributed by atoms with Crippen LogP contribution in [0.5, 0.6) is 0 Å². The first kappa shape index (κ1) is 10.0. The van der Waals surface area contributed by atoms with E-state index in [-0.39, 0.29) is 0 Å². The molecule has 1 N–H and O–H groups in total. The highest BCUT2D eigenvalue weighted by Gasteiger charge is 2.05. The Bertz CT molecular complexity index is 255. The molecule has 0 amide bonds. The Kier molecular flexibility index (Phi) is 3.56. The van der Waals surface area contributed by atoms with Gasteiger partial charge in [-0.05, 0) is 17.9 Å². The second-order valence-electron chi connectivity index (χ2n) is 3.19. The summed E-state index contributed by atoms with van der Waals surface area (Å²) in [4.78, 5) is 1.24. The van der Waals surface area contributed by atoms with Crippen LogP contribution in [0.4, 0.5) is 0 Å². The van der Waals surface area contributed by atoms with Crippen LogP contribution in [0.2, 0.25) is 5.02 Å². The van der Waals surface area contributed by atoms with E-state index in [1.165, 1.54) is 10.4 Å². The molecule has 0 aromatic carbocycles. The van der Waals surface area contributed by atoms with Crippen molar-refractivity contribution in [1.82, 2.24) is 5.32 Å². The first-order valence-corrected chi connectivity index (χ1v) is 5.33. The standard InChI is InChI=1S/C9H14ClNS/c1-6(2)11-4-8-9(10)7(3)5-12-8/h5-6,11H,4H2,1-3H3. The maximum atomic E-state index is 6.06.